The van der Waals surface area contributed by atoms with Crippen LogP contribution in [0.1, 0.15) is 17.4 Å². The number of nitrogens with two attached hydrogens (primary N) is 1. The largest absolute Gasteiger partial charge is 0.490 e. The molecule has 0 aliphatic rings. The monoisotopic (exact) mass is 249 g/mol. The lowest BCUT2D eigenvalue weighted by atomic mass is 10.1. The van der Waals surface area contributed by atoms with Crippen molar-refractivity contribution < 1.29 is 13.5 Å². The summed E-state index contributed by atoms with van der Waals surface area (Å²) in [5.41, 5.74) is 5.68. The summed E-state index contributed by atoms with van der Waals surface area (Å²) in [6.07, 6.45) is 0. The lowest BCUT2D eigenvalue weighted by Crippen LogP contribution is -2.19. The highest BCUT2D eigenvalue weighted by Crippen LogP contribution is 2.21. The lowest BCUT2D eigenvalue weighted by Gasteiger charge is -2.14. The zero-order valence-electron chi connectivity index (χ0n) is 10.2. The van der Waals surface area contributed by atoms with E-state index in [9.17, 15) is 4.39 Å². The minimum Gasteiger partial charge on any atom is -0.490 e. The molecule has 0 radical (unpaired) electrons. The van der Waals surface area contributed by atoms with Crippen LogP contribution in [0, 0.1) is 12.7 Å². The summed E-state index contributed by atoms with van der Waals surface area (Å²) in [7, 11) is 0. The van der Waals surface area contributed by atoms with Gasteiger partial charge in [-0.25, -0.2) is 4.39 Å². The lowest BCUT2D eigenvalue weighted by molar-refractivity contribution is 0.260. The average Bonchev–Trinajstić information content (AvgIpc) is 2.79. The number of halogens is 1. The molecule has 96 valence electrons. The van der Waals surface area contributed by atoms with E-state index in [0.29, 0.717) is 13.2 Å². The fourth-order valence-corrected chi connectivity index (χ4v) is 1.69. The van der Waals surface area contributed by atoms with Crippen molar-refractivity contribution >= 4 is 0 Å². The maximum Gasteiger partial charge on any atom is 0.165 e. The summed E-state index contributed by atoms with van der Waals surface area (Å²) in [4.78, 5) is 0. The van der Waals surface area contributed by atoms with Crippen LogP contribution in [0.5, 0.6) is 5.75 Å². The van der Waals surface area contributed by atoms with E-state index in [-0.39, 0.29) is 17.5 Å². The maximum atomic E-state index is 13.4. The van der Waals surface area contributed by atoms with Gasteiger partial charge in [0.2, 0.25) is 0 Å². The molecule has 1 atom stereocenters. The highest BCUT2D eigenvalue weighted by Gasteiger charge is 2.15. The molecule has 2 rings (SSSR count). The van der Waals surface area contributed by atoms with Crippen molar-refractivity contribution in [3.63, 3.8) is 0 Å². The van der Waals surface area contributed by atoms with Crippen molar-refractivity contribution in [2.75, 3.05) is 13.2 Å². The van der Waals surface area contributed by atoms with Crippen molar-refractivity contribution in [3.05, 3.63) is 53.7 Å². The van der Waals surface area contributed by atoms with Gasteiger partial charge in [0, 0.05) is 6.54 Å². The molecular formula is C14H16FNO2. The van der Waals surface area contributed by atoms with Gasteiger partial charge in [-0.3, -0.25) is 0 Å². The standard InChI is InChI=1S/C14H16FNO2/c1-10-6-7-13(18-10)11(8-16)9-17-14-5-3-2-4-12(14)15/h2-7,11H,8-9,16H2,1H3. The first-order valence-electron chi connectivity index (χ1n) is 5.84. The topological polar surface area (TPSA) is 48.4 Å². The molecule has 0 aliphatic heterocycles. The summed E-state index contributed by atoms with van der Waals surface area (Å²) >= 11 is 0. The SMILES string of the molecule is Cc1ccc(C(CN)COc2ccccc2F)o1. The fraction of sp³-hybridized carbons (Fsp3) is 0.286. The Kier molecular flexibility index (Phi) is 3.99. The second-order valence-corrected chi connectivity index (χ2v) is 4.12. The summed E-state index contributed by atoms with van der Waals surface area (Å²) in [5, 5.41) is 0. The minimum absolute atomic E-state index is 0.0710. The molecule has 0 fully saturated rings. The molecule has 1 unspecified atom stereocenters. The first kappa shape index (κ1) is 12.6. The highest BCUT2D eigenvalue weighted by atomic mass is 19.1. The molecule has 2 aromatic rings. The number of hydrogen-bond donors (Lipinski definition) is 1. The van der Waals surface area contributed by atoms with Crippen molar-refractivity contribution in [1.82, 2.24) is 0 Å². The molecule has 0 amide bonds. The van der Waals surface area contributed by atoms with E-state index >= 15 is 0 Å². The number of benzene rings is 1. The predicted octanol–water partition coefficient (Wildman–Crippen LogP) is 2.85. The Morgan fingerprint density at radius 2 is 2.06 bits per heavy atom. The molecule has 1 aromatic heterocycles. The van der Waals surface area contributed by atoms with E-state index in [1.807, 2.05) is 19.1 Å². The van der Waals surface area contributed by atoms with Crippen LogP contribution in [-0.4, -0.2) is 13.2 Å². The average molecular weight is 249 g/mol. The minimum atomic E-state index is -0.371. The zero-order valence-corrected chi connectivity index (χ0v) is 10.2. The van der Waals surface area contributed by atoms with Crippen molar-refractivity contribution in [2.45, 2.75) is 12.8 Å². The normalized spacial score (nSPS) is 12.4. The highest BCUT2D eigenvalue weighted by molar-refractivity contribution is 5.24. The van der Waals surface area contributed by atoms with Gasteiger partial charge in [0.05, 0.1) is 12.5 Å². The third-order valence-electron chi connectivity index (χ3n) is 2.72. The molecular weight excluding hydrogens is 233 g/mol. The first-order chi connectivity index (χ1) is 8.70. The molecule has 1 heterocycles. The molecule has 0 saturated heterocycles. The Hall–Kier alpha value is -1.81. The van der Waals surface area contributed by atoms with E-state index in [1.54, 1.807) is 18.2 Å². The second-order valence-electron chi connectivity index (χ2n) is 4.12. The third-order valence-corrected chi connectivity index (χ3v) is 2.72. The zero-order chi connectivity index (χ0) is 13.0. The van der Waals surface area contributed by atoms with Gasteiger partial charge >= 0.3 is 0 Å². The number of hydrogen-bond acceptors (Lipinski definition) is 3. The number of furan rings is 1. The molecule has 4 heteroatoms. The molecule has 3 nitrogen and oxygen atoms in total. The Morgan fingerprint density at radius 3 is 2.67 bits per heavy atom. The van der Waals surface area contributed by atoms with E-state index in [2.05, 4.69) is 0 Å². The second kappa shape index (κ2) is 5.69. The number of rotatable bonds is 5. The van der Waals surface area contributed by atoms with Gasteiger partial charge < -0.3 is 14.9 Å². The summed E-state index contributed by atoms with van der Waals surface area (Å²) in [5.74, 6) is 1.39. The fourth-order valence-electron chi connectivity index (χ4n) is 1.69. The van der Waals surface area contributed by atoms with Crippen molar-refractivity contribution in [3.8, 4) is 5.75 Å². The Morgan fingerprint density at radius 1 is 1.28 bits per heavy atom. The molecule has 1 aromatic carbocycles. The summed E-state index contributed by atoms with van der Waals surface area (Å²) in [6, 6.07) is 10.1. The number of ether oxygens (including phenoxy) is 1. The van der Waals surface area contributed by atoms with Crippen LogP contribution in [0.25, 0.3) is 0 Å². The number of para-hydroxylation sites is 1. The molecule has 2 N–H and O–H groups in total. The van der Waals surface area contributed by atoms with E-state index < -0.39 is 0 Å². The Balaban J connectivity index is 2.02. The quantitative estimate of drug-likeness (QED) is 0.886. The molecule has 0 aliphatic carbocycles. The van der Waals surface area contributed by atoms with Crippen molar-refractivity contribution in [2.24, 2.45) is 5.73 Å². The van der Waals surface area contributed by atoms with Crippen molar-refractivity contribution in [1.29, 1.82) is 0 Å². The number of aryl methyl sites for hydroxylation is 1. The van der Waals surface area contributed by atoms with Gasteiger partial charge in [0.1, 0.15) is 11.5 Å². The van der Waals surface area contributed by atoms with Gasteiger partial charge in [-0.2, -0.15) is 0 Å². The van der Waals surface area contributed by atoms with Crippen LogP contribution in [-0.2, 0) is 0 Å². The maximum absolute atomic E-state index is 13.4. The van der Waals surface area contributed by atoms with Gasteiger partial charge in [0.15, 0.2) is 11.6 Å². The van der Waals surface area contributed by atoms with E-state index in [1.165, 1.54) is 6.07 Å². The summed E-state index contributed by atoms with van der Waals surface area (Å²) in [6.45, 7) is 2.56. The molecule has 0 saturated carbocycles. The van der Waals surface area contributed by atoms with Gasteiger partial charge in [0.25, 0.3) is 0 Å². The Bertz CT molecular complexity index is 510. The van der Waals surface area contributed by atoms with E-state index in [0.717, 1.165) is 11.5 Å². The molecule has 0 bridgehead atoms. The van der Waals surface area contributed by atoms with E-state index in [4.69, 9.17) is 14.9 Å². The van der Waals surface area contributed by atoms with Gasteiger partial charge in [-0.15, -0.1) is 0 Å². The Labute approximate surface area is 105 Å². The van der Waals surface area contributed by atoms with Crippen LogP contribution in [0.2, 0.25) is 0 Å². The van der Waals surface area contributed by atoms with Crippen LogP contribution in [0.3, 0.4) is 0 Å². The predicted molar refractivity (Wildman–Crippen MR) is 67.1 cm³/mol. The van der Waals surface area contributed by atoms with Crippen LogP contribution >= 0.6 is 0 Å². The van der Waals surface area contributed by atoms with Gasteiger partial charge in [-0.05, 0) is 31.2 Å². The van der Waals surface area contributed by atoms with Crippen LogP contribution < -0.4 is 10.5 Å². The van der Waals surface area contributed by atoms with Gasteiger partial charge in [-0.1, -0.05) is 12.1 Å². The smallest absolute Gasteiger partial charge is 0.165 e. The molecule has 0 spiro atoms. The van der Waals surface area contributed by atoms with Crippen LogP contribution in [0.15, 0.2) is 40.8 Å². The first-order valence-corrected chi connectivity index (χ1v) is 5.84. The third kappa shape index (κ3) is 2.90. The van der Waals surface area contributed by atoms with Crippen LogP contribution in [0.4, 0.5) is 4.39 Å². The summed E-state index contributed by atoms with van der Waals surface area (Å²) < 4.78 is 24.3. The molecule has 18 heavy (non-hydrogen) atoms.